The largest absolute Gasteiger partial charge is 0.310 e. The predicted molar refractivity (Wildman–Crippen MR) is 275 cm³/mol. The molecule has 0 N–H and O–H groups in total. The zero-order valence-corrected chi connectivity index (χ0v) is 36.3. The van der Waals surface area contributed by atoms with Crippen LogP contribution in [0.1, 0.15) is 0 Å². The zero-order valence-electron chi connectivity index (χ0n) is 35.3. The minimum Gasteiger partial charge on any atom is -0.310 e. The molecular weight excluding hydrogens is 787 g/mol. The topological polar surface area (TPSA) is 3.24 Å². The van der Waals surface area contributed by atoms with Gasteiger partial charge in [0.25, 0.3) is 0 Å². The Morgan fingerprint density at radius 1 is 0.297 bits per heavy atom. The van der Waals surface area contributed by atoms with Crippen LogP contribution in [-0.2, 0) is 0 Å². The normalized spacial score (nSPS) is 12.5. The van der Waals surface area contributed by atoms with Crippen molar-refractivity contribution in [3.63, 3.8) is 0 Å². The van der Waals surface area contributed by atoms with Crippen LogP contribution in [0.5, 0.6) is 0 Å². The maximum atomic E-state index is 2.57. The summed E-state index contributed by atoms with van der Waals surface area (Å²) in [5.41, 5.74) is 13.4. The minimum atomic E-state index is -2.95. The van der Waals surface area contributed by atoms with Crippen LogP contribution in [0, 0.1) is 0 Å². The molecule has 0 radical (unpaired) electrons. The van der Waals surface area contributed by atoms with Gasteiger partial charge in [-0.25, -0.2) is 0 Å². The summed E-state index contributed by atoms with van der Waals surface area (Å²) in [6.07, 6.45) is 0. The van der Waals surface area contributed by atoms with Crippen LogP contribution < -0.4 is 25.6 Å². The molecule has 1 nitrogen and oxygen atoms in total. The van der Waals surface area contributed by atoms with E-state index in [1.54, 1.807) is 0 Å². The molecule has 300 valence electrons. The molecular formula is C62H43NSi. The van der Waals surface area contributed by atoms with Crippen molar-refractivity contribution in [1.29, 1.82) is 0 Å². The van der Waals surface area contributed by atoms with Gasteiger partial charge in [-0.15, -0.1) is 0 Å². The number of benzene rings is 11. The van der Waals surface area contributed by atoms with E-state index in [4.69, 9.17) is 0 Å². The van der Waals surface area contributed by atoms with Crippen molar-refractivity contribution in [2.24, 2.45) is 0 Å². The molecule has 1 heterocycles. The quantitative estimate of drug-likeness (QED) is 0.138. The Hall–Kier alpha value is -8.04. The highest BCUT2D eigenvalue weighted by Gasteiger charge is 2.51. The highest BCUT2D eigenvalue weighted by molar-refractivity contribution is 7.23. The Balaban J connectivity index is 1.15. The van der Waals surface area contributed by atoms with Gasteiger partial charge in [0.15, 0.2) is 8.07 Å². The minimum absolute atomic E-state index is 1.11. The first-order chi connectivity index (χ1) is 31.8. The third kappa shape index (κ3) is 6.06. The summed E-state index contributed by atoms with van der Waals surface area (Å²) in [5, 5.41) is 10.6. The van der Waals surface area contributed by atoms with Crippen molar-refractivity contribution in [2.75, 3.05) is 4.90 Å². The summed E-state index contributed by atoms with van der Waals surface area (Å²) in [6.45, 7) is 0. The Morgan fingerprint density at radius 3 is 1.34 bits per heavy atom. The van der Waals surface area contributed by atoms with Gasteiger partial charge < -0.3 is 4.90 Å². The van der Waals surface area contributed by atoms with Crippen LogP contribution in [0.25, 0.3) is 66.1 Å². The van der Waals surface area contributed by atoms with Gasteiger partial charge in [0.1, 0.15) is 0 Å². The molecule has 0 fully saturated rings. The summed E-state index contributed by atoms with van der Waals surface area (Å²) < 4.78 is 0. The molecule has 0 atom stereocenters. The van der Waals surface area contributed by atoms with Gasteiger partial charge >= 0.3 is 0 Å². The monoisotopic (exact) mass is 829 g/mol. The van der Waals surface area contributed by atoms with Crippen LogP contribution >= 0.6 is 0 Å². The smallest absolute Gasteiger partial charge is 0.183 e. The average Bonchev–Trinajstić information content (AvgIpc) is 3.68. The number of fused-ring (bicyclic) bond motifs is 5. The SMILES string of the molecule is c1ccc(-c2ccc(N(c3ccc(-c4cccc5cccc(-c6ccccc6)c45)cc3)c3c4c(cc5ccccc35)-c3ccccc3[Si]4(c3ccccc3)c3ccccc3)cc2)cc1. The van der Waals surface area contributed by atoms with E-state index in [-0.39, 0.29) is 0 Å². The van der Waals surface area contributed by atoms with Crippen LogP contribution in [-0.4, -0.2) is 8.07 Å². The van der Waals surface area contributed by atoms with Crippen LogP contribution in [0.15, 0.2) is 261 Å². The Labute approximate surface area is 375 Å². The standard InChI is InChI=1S/C62H43NSi/c1-5-19-44(20-6-1)45-35-39-50(40-36-45)63(51-41-37-47(38-42-51)55-33-18-25-48-24-17-32-54(60(48)55)46-21-7-2-8-22-46)61-56-30-14-13-23-49(56)43-58-57-31-15-16-34-59(57)64(62(58)61,52-26-9-3-10-27-52)53-28-11-4-12-29-53/h1-43H. The van der Waals surface area contributed by atoms with E-state index in [1.807, 2.05) is 0 Å². The van der Waals surface area contributed by atoms with Crippen molar-refractivity contribution < 1.29 is 0 Å². The predicted octanol–water partition coefficient (Wildman–Crippen LogP) is 13.8. The number of nitrogens with zero attached hydrogens (tertiary/aromatic N) is 1. The lowest BCUT2D eigenvalue weighted by Gasteiger charge is -2.37. The highest BCUT2D eigenvalue weighted by Crippen LogP contribution is 2.45. The lowest BCUT2D eigenvalue weighted by Crippen LogP contribution is -2.73. The molecule has 0 bridgehead atoms. The molecule has 64 heavy (non-hydrogen) atoms. The molecule has 0 amide bonds. The Morgan fingerprint density at radius 2 is 0.734 bits per heavy atom. The van der Waals surface area contributed by atoms with E-state index in [1.165, 1.54) is 92.5 Å². The number of hydrogen-bond donors (Lipinski definition) is 0. The van der Waals surface area contributed by atoms with Gasteiger partial charge in [-0.3, -0.25) is 0 Å². The molecule has 0 unspecified atom stereocenters. The van der Waals surface area contributed by atoms with E-state index < -0.39 is 8.07 Å². The Bertz CT molecular complexity index is 3410. The second-order valence-corrected chi connectivity index (χ2v) is 20.5. The van der Waals surface area contributed by atoms with Gasteiger partial charge in [-0.05, 0) is 112 Å². The molecule has 11 aromatic carbocycles. The molecule has 0 saturated carbocycles. The second kappa shape index (κ2) is 15.7. The van der Waals surface area contributed by atoms with Gasteiger partial charge in [0, 0.05) is 16.8 Å². The highest BCUT2D eigenvalue weighted by atomic mass is 28.3. The molecule has 1 aliphatic rings. The fourth-order valence-electron chi connectivity index (χ4n) is 10.5. The van der Waals surface area contributed by atoms with Crippen molar-refractivity contribution in [3.05, 3.63) is 261 Å². The van der Waals surface area contributed by atoms with Crippen LogP contribution in [0.2, 0.25) is 0 Å². The molecule has 0 saturated heterocycles. The van der Waals surface area contributed by atoms with Crippen molar-refractivity contribution in [3.8, 4) is 44.5 Å². The van der Waals surface area contributed by atoms with Gasteiger partial charge in [-0.1, -0.05) is 231 Å². The van der Waals surface area contributed by atoms with Crippen molar-refractivity contribution in [1.82, 2.24) is 0 Å². The van der Waals surface area contributed by atoms with Gasteiger partial charge in [0.2, 0.25) is 0 Å². The van der Waals surface area contributed by atoms with Crippen molar-refractivity contribution >= 4 is 67.4 Å². The van der Waals surface area contributed by atoms with Gasteiger partial charge in [0.05, 0.1) is 5.69 Å². The second-order valence-electron chi connectivity index (χ2n) is 16.8. The first-order valence-corrected chi connectivity index (χ1v) is 24.2. The Kier molecular flexibility index (Phi) is 9.25. The molecule has 12 rings (SSSR count). The first kappa shape index (κ1) is 37.7. The molecule has 2 heteroatoms. The number of hydrogen-bond acceptors (Lipinski definition) is 1. The van der Waals surface area contributed by atoms with E-state index in [0.717, 1.165) is 11.4 Å². The maximum Gasteiger partial charge on any atom is 0.183 e. The summed E-state index contributed by atoms with van der Waals surface area (Å²) >= 11 is 0. The third-order valence-corrected chi connectivity index (χ3v) is 18.2. The van der Waals surface area contributed by atoms with Crippen LogP contribution in [0.4, 0.5) is 17.1 Å². The summed E-state index contributed by atoms with van der Waals surface area (Å²) in [4.78, 5) is 2.57. The van der Waals surface area contributed by atoms with Crippen LogP contribution in [0.3, 0.4) is 0 Å². The van der Waals surface area contributed by atoms with E-state index in [9.17, 15) is 0 Å². The molecule has 11 aromatic rings. The molecule has 0 spiro atoms. The van der Waals surface area contributed by atoms with E-state index in [0.29, 0.717) is 0 Å². The average molecular weight is 830 g/mol. The molecule has 0 aliphatic carbocycles. The van der Waals surface area contributed by atoms with Crippen molar-refractivity contribution in [2.45, 2.75) is 0 Å². The first-order valence-electron chi connectivity index (χ1n) is 22.2. The third-order valence-electron chi connectivity index (χ3n) is 13.3. The molecule has 0 aromatic heterocycles. The summed E-state index contributed by atoms with van der Waals surface area (Å²) in [6, 6.07) is 96.8. The maximum absolute atomic E-state index is 2.95. The fourth-order valence-corrected chi connectivity index (χ4v) is 15.9. The summed E-state index contributed by atoms with van der Waals surface area (Å²) in [5.74, 6) is 0. The number of anilines is 3. The summed E-state index contributed by atoms with van der Waals surface area (Å²) in [7, 11) is -2.95. The van der Waals surface area contributed by atoms with Gasteiger partial charge in [-0.2, -0.15) is 0 Å². The number of rotatable bonds is 8. The fraction of sp³-hybridized carbons (Fsp3) is 0. The van der Waals surface area contributed by atoms with E-state index >= 15 is 0 Å². The zero-order chi connectivity index (χ0) is 42.5. The van der Waals surface area contributed by atoms with E-state index in [2.05, 4.69) is 266 Å². The lowest BCUT2D eigenvalue weighted by atomic mass is 9.91. The molecule has 1 aliphatic heterocycles. The lowest BCUT2D eigenvalue weighted by molar-refractivity contribution is 1.31.